The van der Waals surface area contributed by atoms with Gasteiger partial charge in [-0.15, -0.1) is 0 Å². The fourth-order valence-electron chi connectivity index (χ4n) is 0.0577. The van der Waals surface area contributed by atoms with Crippen molar-refractivity contribution in [1.29, 1.82) is 0 Å². The van der Waals surface area contributed by atoms with Crippen molar-refractivity contribution in [3.05, 3.63) is 0 Å². The Morgan fingerprint density at radius 1 is 1.12 bits per heavy atom. The molecule has 0 aromatic heterocycles. The van der Waals surface area contributed by atoms with E-state index in [0.29, 0.717) is 0 Å². The molecule has 0 heterocycles. The van der Waals surface area contributed by atoms with E-state index in [4.69, 9.17) is 15.3 Å². The number of rotatable bonds is 2. The van der Waals surface area contributed by atoms with Gasteiger partial charge in [0.2, 0.25) is 0 Å². The molecule has 0 fully saturated rings. The standard InChI is InChI=1S/C3H8O3.Fe.H2O/c4-1-3(6)2-5;;/h3-6H,1-2H2;;1H2. The van der Waals surface area contributed by atoms with Crippen molar-refractivity contribution in [3.63, 3.8) is 0 Å². The predicted molar refractivity (Wildman–Crippen MR) is 23.8 cm³/mol. The van der Waals surface area contributed by atoms with Gasteiger partial charge in [-0.1, -0.05) is 0 Å². The van der Waals surface area contributed by atoms with Crippen LogP contribution < -0.4 is 0 Å². The SMILES string of the molecule is O.OCC(O)CO.[Fe]. The van der Waals surface area contributed by atoms with E-state index in [-0.39, 0.29) is 35.8 Å². The molecule has 0 bridgehead atoms. The van der Waals surface area contributed by atoms with Gasteiger partial charge in [-0.2, -0.15) is 0 Å². The van der Waals surface area contributed by atoms with E-state index in [0.717, 1.165) is 0 Å². The van der Waals surface area contributed by atoms with Crippen molar-refractivity contribution in [2.24, 2.45) is 0 Å². The van der Waals surface area contributed by atoms with Gasteiger partial charge in [-0.3, -0.25) is 0 Å². The smallest absolute Gasteiger partial charge is 0.100 e. The Labute approximate surface area is 57.9 Å². The van der Waals surface area contributed by atoms with Gasteiger partial charge in [0.25, 0.3) is 0 Å². The molecule has 0 aliphatic heterocycles. The molecular formula is C3H10FeO4. The Bertz CT molecular complexity index is 30.5. The first kappa shape index (κ1) is 15.8. The van der Waals surface area contributed by atoms with Gasteiger partial charge in [0, 0.05) is 17.1 Å². The topological polar surface area (TPSA) is 92.2 Å². The van der Waals surface area contributed by atoms with Crippen molar-refractivity contribution in [1.82, 2.24) is 0 Å². The molecule has 0 aliphatic rings. The normalized spacial score (nSPS) is 7.50. The molecular weight excluding hydrogens is 156 g/mol. The largest absolute Gasteiger partial charge is 0.412 e. The summed E-state index contributed by atoms with van der Waals surface area (Å²) in [6.45, 7) is -0.729. The summed E-state index contributed by atoms with van der Waals surface area (Å²) in [5, 5.41) is 24.0. The Balaban J connectivity index is -0.000000125. The van der Waals surface area contributed by atoms with E-state index in [1.54, 1.807) is 0 Å². The van der Waals surface area contributed by atoms with Crippen molar-refractivity contribution in [3.8, 4) is 0 Å². The third-order valence-electron chi connectivity index (χ3n) is 0.421. The summed E-state index contributed by atoms with van der Waals surface area (Å²) in [5.41, 5.74) is 0. The summed E-state index contributed by atoms with van der Waals surface area (Å²) in [5.74, 6) is 0. The second-order valence-electron chi connectivity index (χ2n) is 1.02. The first-order valence-electron chi connectivity index (χ1n) is 1.71. The van der Waals surface area contributed by atoms with Crippen LogP contribution in [0.1, 0.15) is 0 Å². The summed E-state index contributed by atoms with van der Waals surface area (Å²) >= 11 is 0. The van der Waals surface area contributed by atoms with Crippen molar-refractivity contribution >= 4 is 0 Å². The molecule has 0 aromatic rings. The van der Waals surface area contributed by atoms with Crippen molar-refractivity contribution in [2.45, 2.75) is 6.10 Å². The quantitative estimate of drug-likeness (QED) is 0.396. The molecule has 54 valence electrons. The van der Waals surface area contributed by atoms with Crippen LogP contribution in [-0.4, -0.2) is 40.1 Å². The van der Waals surface area contributed by atoms with Gasteiger partial charge >= 0.3 is 0 Å². The molecule has 0 radical (unpaired) electrons. The van der Waals surface area contributed by atoms with E-state index in [9.17, 15) is 0 Å². The van der Waals surface area contributed by atoms with Gasteiger partial charge in [0.05, 0.1) is 13.2 Å². The van der Waals surface area contributed by atoms with Crippen molar-refractivity contribution < 1.29 is 37.9 Å². The molecule has 0 rings (SSSR count). The average molecular weight is 166 g/mol. The number of aliphatic hydroxyl groups is 3. The van der Waals surface area contributed by atoms with Gasteiger partial charge in [-0.05, 0) is 0 Å². The summed E-state index contributed by atoms with van der Waals surface area (Å²) in [7, 11) is 0. The molecule has 0 aliphatic carbocycles. The predicted octanol–water partition coefficient (Wildman–Crippen LogP) is -2.50. The van der Waals surface area contributed by atoms with Crippen LogP contribution >= 0.6 is 0 Å². The first-order valence-corrected chi connectivity index (χ1v) is 1.71. The Hall–Kier alpha value is 0.359. The second-order valence-corrected chi connectivity index (χ2v) is 1.02. The van der Waals surface area contributed by atoms with Gasteiger partial charge in [0.15, 0.2) is 0 Å². The van der Waals surface area contributed by atoms with E-state index >= 15 is 0 Å². The molecule has 0 aromatic carbocycles. The van der Waals surface area contributed by atoms with Crippen LogP contribution in [0, 0.1) is 0 Å². The first-order chi connectivity index (χ1) is 2.81. The molecule has 4 nitrogen and oxygen atoms in total. The van der Waals surface area contributed by atoms with Crippen LogP contribution in [0.2, 0.25) is 0 Å². The van der Waals surface area contributed by atoms with Gasteiger partial charge in [0.1, 0.15) is 6.10 Å². The minimum atomic E-state index is -0.954. The van der Waals surface area contributed by atoms with Crippen LogP contribution in [0.25, 0.3) is 0 Å². The minimum Gasteiger partial charge on any atom is -0.412 e. The third kappa shape index (κ3) is 9.61. The maximum atomic E-state index is 8.17. The van der Waals surface area contributed by atoms with E-state index < -0.39 is 6.10 Å². The Kier molecular flexibility index (Phi) is 20.4. The van der Waals surface area contributed by atoms with Gasteiger partial charge < -0.3 is 20.8 Å². The zero-order chi connectivity index (χ0) is 4.99. The maximum Gasteiger partial charge on any atom is 0.100 e. The third-order valence-corrected chi connectivity index (χ3v) is 0.421. The summed E-state index contributed by atoms with van der Waals surface area (Å²) < 4.78 is 0. The van der Waals surface area contributed by atoms with Crippen LogP contribution in [0.3, 0.4) is 0 Å². The molecule has 0 unspecified atom stereocenters. The summed E-state index contributed by atoms with van der Waals surface area (Å²) in [4.78, 5) is 0. The summed E-state index contributed by atoms with van der Waals surface area (Å²) in [6, 6.07) is 0. The molecule has 0 saturated carbocycles. The average Bonchev–Trinajstić information content (AvgIpc) is 1.65. The zero-order valence-electron chi connectivity index (χ0n) is 4.19. The zero-order valence-corrected chi connectivity index (χ0v) is 5.29. The van der Waals surface area contributed by atoms with Gasteiger partial charge in [-0.25, -0.2) is 0 Å². The van der Waals surface area contributed by atoms with Crippen LogP contribution in [0.15, 0.2) is 0 Å². The fourth-order valence-corrected chi connectivity index (χ4v) is 0.0577. The van der Waals surface area contributed by atoms with Crippen LogP contribution in [0.4, 0.5) is 0 Å². The molecule has 0 amide bonds. The molecule has 8 heavy (non-hydrogen) atoms. The monoisotopic (exact) mass is 166 g/mol. The molecule has 0 atom stereocenters. The van der Waals surface area contributed by atoms with Crippen LogP contribution in [0.5, 0.6) is 0 Å². The molecule has 5 heteroatoms. The molecule has 0 spiro atoms. The number of hydrogen-bond acceptors (Lipinski definition) is 3. The second kappa shape index (κ2) is 10.4. The number of aliphatic hydroxyl groups excluding tert-OH is 3. The maximum absolute atomic E-state index is 8.17. The van der Waals surface area contributed by atoms with Crippen molar-refractivity contribution in [2.75, 3.05) is 13.2 Å². The Morgan fingerprint density at radius 3 is 1.38 bits per heavy atom. The van der Waals surface area contributed by atoms with E-state index in [1.165, 1.54) is 0 Å². The van der Waals surface area contributed by atoms with E-state index in [2.05, 4.69) is 0 Å². The molecule has 5 N–H and O–H groups in total. The molecule has 0 saturated heterocycles. The summed E-state index contributed by atoms with van der Waals surface area (Å²) in [6.07, 6.45) is -0.954. The minimum absolute atomic E-state index is 0. The number of hydrogen-bond donors (Lipinski definition) is 3. The Morgan fingerprint density at radius 2 is 1.38 bits per heavy atom. The van der Waals surface area contributed by atoms with Crippen LogP contribution in [-0.2, 0) is 17.1 Å². The fraction of sp³-hybridized carbons (Fsp3) is 1.00. The van der Waals surface area contributed by atoms with E-state index in [1.807, 2.05) is 0 Å².